The Bertz CT molecular complexity index is 788. The molecule has 0 saturated carbocycles. The van der Waals surface area contributed by atoms with Crippen LogP contribution in [0.5, 0.6) is 0 Å². The molecule has 1 fully saturated rings. The van der Waals surface area contributed by atoms with E-state index < -0.39 is 0 Å². The third-order valence-corrected chi connectivity index (χ3v) is 6.93. The average Bonchev–Trinajstić information content (AvgIpc) is 3.30. The molecular formula is C20H30N4O2S2. The second-order valence-corrected chi connectivity index (χ2v) is 10.7. The second-order valence-electron chi connectivity index (χ2n) is 8.45. The molecule has 0 radical (unpaired) electrons. The molecule has 3 rings (SSSR count). The number of amides is 1. The molecule has 0 unspecified atom stereocenters. The van der Waals surface area contributed by atoms with Crippen molar-refractivity contribution in [1.82, 2.24) is 15.3 Å². The summed E-state index contributed by atoms with van der Waals surface area (Å²) in [7, 11) is 0. The van der Waals surface area contributed by atoms with Crippen LogP contribution >= 0.6 is 23.1 Å². The fraction of sp³-hybridized carbons (Fsp3) is 0.650. The Kier molecular flexibility index (Phi) is 6.83. The highest BCUT2D eigenvalue weighted by molar-refractivity contribution is 8.00. The summed E-state index contributed by atoms with van der Waals surface area (Å²) < 4.78 is 6.93. The minimum atomic E-state index is -0.0413. The minimum absolute atomic E-state index is 0.0413. The fourth-order valence-electron chi connectivity index (χ4n) is 3.12. The number of anilines is 1. The van der Waals surface area contributed by atoms with Crippen LogP contribution in [-0.4, -0.2) is 35.0 Å². The van der Waals surface area contributed by atoms with Crippen molar-refractivity contribution in [3.8, 4) is 0 Å². The molecule has 6 nitrogen and oxygen atoms in total. The predicted molar refractivity (Wildman–Crippen MR) is 115 cm³/mol. The summed E-state index contributed by atoms with van der Waals surface area (Å²) in [5.74, 6) is 2.56. The van der Waals surface area contributed by atoms with E-state index in [2.05, 4.69) is 36.1 Å². The number of carbonyl (C=O) groups is 1. The van der Waals surface area contributed by atoms with E-state index in [4.69, 9.17) is 4.42 Å². The molecule has 0 atom stereocenters. The van der Waals surface area contributed by atoms with Crippen LogP contribution in [0.3, 0.4) is 0 Å². The molecule has 1 aliphatic heterocycles. The largest absolute Gasteiger partial charge is 0.444 e. The van der Waals surface area contributed by atoms with Crippen molar-refractivity contribution in [3.05, 3.63) is 24.0 Å². The highest BCUT2D eigenvalue weighted by Crippen LogP contribution is 2.35. The molecule has 154 valence electrons. The van der Waals surface area contributed by atoms with Crippen molar-refractivity contribution >= 4 is 34.1 Å². The monoisotopic (exact) mass is 422 g/mol. The maximum absolute atomic E-state index is 13.1. The number of hydrogen-bond acceptors (Lipinski definition) is 7. The molecule has 1 saturated heterocycles. The number of rotatable bonds is 6. The van der Waals surface area contributed by atoms with Gasteiger partial charge in [0.05, 0.1) is 22.4 Å². The van der Waals surface area contributed by atoms with Gasteiger partial charge in [0.15, 0.2) is 5.13 Å². The fourth-order valence-corrected chi connectivity index (χ4v) is 5.07. The lowest BCUT2D eigenvalue weighted by atomic mass is 9.94. The third kappa shape index (κ3) is 5.15. The molecule has 8 heteroatoms. The first kappa shape index (κ1) is 21.3. The number of piperidine rings is 1. The Balaban J connectivity index is 1.65. The lowest BCUT2D eigenvalue weighted by Gasteiger charge is -2.30. The van der Waals surface area contributed by atoms with E-state index in [9.17, 15) is 4.79 Å². The number of carbonyl (C=O) groups excluding carboxylic acids is 1. The van der Waals surface area contributed by atoms with Gasteiger partial charge in [-0.15, -0.1) is 11.8 Å². The molecule has 0 spiro atoms. The van der Waals surface area contributed by atoms with Crippen LogP contribution in [0.1, 0.15) is 59.1 Å². The van der Waals surface area contributed by atoms with Crippen LogP contribution in [0.25, 0.3) is 0 Å². The number of nitrogens with one attached hydrogen (secondary N) is 1. The molecule has 0 aromatic carbocycles. The van der Waals surface area contributed by atoms with E-state index >= 15 is 0 Å². The van der Waals surface area contributed by atoms with Gasteiger partial charge in [-0.25, -0.2) is 9.97 Å². The van der Waals surface area contributed by atoms with Gasteiger partial charge in [-0.2, -0.15) is 0 Å². The zero-order valence-corrected chi connectivity index (χ0v) is 19.0. The topological polar surface area (TPSA) is 71.3 Å². The van der Waals surface area contributed by atoms with E-state index in [1.807, 2.05) is 31.1 Å². The van der Waals surface area contributed by atoms with E-state index in [0.717, 1.165) is 46.9 Å². The van der Waals surface area contributed by atoms with Gasteiger partial charge in [0, 0.05) is 17.4 Å². The van der Waals surface area contributed by atoms with Crippen molar-refractivity contribution < 1.29 is 9.21 Å². The Morgan fingerprint density at radius 1 is 1.32 bits per heavy atom. The van der Waals surface area contributed by atoms with Crippen molar-refractivity contribution in [1.29, 1.82) is 0 Å². The molecular weight excluding hydrogens is 392 g/mol. The van der Waals surface area contributed by atoms with Crippen molar-refractivity contribution in [2.45, 2.75) is 68.9 Å². The van der Waals surface area contributed by atoms with E-state index in [0.29, 0.717) is 5.75 Å². The molecule has 1 aliphatic rings. The van der Waals surface area contributed by atoms with Crippen molar-refractivity contribution in [3.63, 3.8) is 0 Å². The summed E-state index contributed by atoms with van der Waals surface area (Å²) in [5, 5.41) is 4.10. The first-order valence-electron chi connectivity index (χ1n) is 9.83. The van der Waals surface area contributed by atoms with Crippen LogP contribution in [0.15, 0.2) is 21.0 Å². The van der Waals surface area contributed by atoms with Gasteiger partial charge in [0.25, 0.3) is 0 Å². The summed E-state index contributed by atoms with van der Waals surface area (Å²) in [6.45, 7) is 12.3. The molecule has 1 N–H and O–H groups in total. The van der Waals surface area contributed by atoms with Gasteiger partial charge >= 0.3 is 0 Å². The first-order valence-corrected chi connectivity index (χ1v) is 11.6. The molecule has 2 aromatic rings. The van der Waals surface area contributed by atoms with Crippen LogP contribution in [-0.2, 0) is 16.0 Å². The Morgan fingerprint density at radius 3 is 2.64 bits per heavy atom. The van der Waals surface area contributed by atoms with Crippen molar-refractivity contribution in [2.24, 2.45) is 5.92 Å². The number of hydrogen-bond donors (Lipinski definition) is 1. The van der Waals surface area contributed by atoms with E-state index in [1.165, 1.54) is 0 Å². The summed E-state index contributed by atoms with van der Waals surface area (Å²) in [4.78, 5) is 23.9. The summed E-state index contributed by atoms with van der Waals surface area (Å²) >= 11 is 3.21. The standard InChI is InChI=1S/C20H30N4O2S2/c1-13(2)24(18(25)14-6-8-21-9-7-14)19-23-11-17(28-19)27-12-16-22-10-15(26-16)20(3,4)5/h10-11,13-14,21H,6-9,12H2,1-5H3. The summed E-state index contributed by atoms with van der Waals surface area (Å²) in [5.41, 5.74) is -0.0413. The van der Waals surface area contributed by atoms with Crippen LogP contribution < -0.4 is 10.2 Å². The zero-order valence-electron chi connectivity index (χ0n) is 17.3. The second kappa shape index (κ2) is 8.97. The summed E-state index contributed by atoms with van der Waals surface area (Å²) in [6, 6.07) is 0.0902. The normalized spacial score (nSPS) is 15.9. The molecule has 2 aromatic heterocycles. The number of nitrogens with zero attached hydrogens (tertiary/aromatic N) is 3. The van der Waals surface area contributed by atoms with Gasteiger partial charge in [-0.3, -0.25) is 9.69 Å². The number of oxazole rings is 1. The number of aromatic nitrogens is 2. The third-order valence-electron chi connectivity index (χ3n) is 4.75. The molecule has 28 heavy (non-hydrogen) atoms. The maximum atomic E-state index is 13.1. The lowest BCUT2D eigenvalue weighted by Crippen LogP contribution is -2.44. The Morgan fingerprint density at radius 2 is 2.04 bits per heavy atom. The van der Waals surface area contributed by atoms with E-state index in [1.54, 1.807) is 23.1 Å². The van der Waals surface area contributed by atoms with Gasteiger partial charge in [-0.05, 0) is 39.8 Å². The smallest absolute Gasteiger partial charge is 0.232 e. The SMILES string of the molecule is CC(C)N(C(=O)C1CCNCC1)c1ncc(SCc2ncc(C(C)(C)C)o2)s1. The van der Waals surface area contributed by atoms with Crippen LogP contribution in [0.4, 0.5) is 5.13 Å². The lowest BCUT2D eigenvalue weighted by molar-refractivity contribution is -0.123. The van der Waals surface area contributed by atoms with Crippen molar-refractivity contribution in [2.75, 3.05) is 18.0 Å². The predicted octanol–water partition coefficient (Wildman–Crippen LogP) is 4.46. The van der Waals surface area contributed by atoms with Gasteiger partial charge in [0.1, 0.15) is 5.76 Å². The van der Waals surface area contributed by atoms with Gasteiger partial charge < -0.3 is 9.73 Å². The first-order chi connectivity index (χ1) is 13.3. The van der Waals surface area contributed by atoms with Crippen LogP contribution in [0.2, 0.25) is 0 Å². The Labute approximate surface area is 175 Å². The van der Waals surface area contributed by atoms with Gasteiger partial charge in [-0.1, -0.05) is 32.1 Å². The molecule has 0 aliphatic carbocycles. The van der Waals surface area contributed by atoms with Crippen LogP contribution in [0, 0.1) is 5.92 Å². The molecule has 0 bridgehead atoms. The highest BCUT2D eigenvalue weighted by Gasteiger charge is 2.30. The van der Waals surface area contributed by atoms with Gasteiger partial charge in [0.2, 0.25) is 11.8 Å². The Hall–Kier alpha value is -1.38. The highest BCUT2D eigenvalue weighted by atomic mass is 32.2. The number of thiazole rings is 1. The average molecular weight is 423 g/mol. The maximum Gasteiger partial charge on any atom is 0.232 e. The molecule has 3 heterocycles. The quantitative estimate of drug-likeness (QED) is 0.693. The van der Waals surface area contributed by atoms with E-state index in [-0.39, 0.29) is 23.3 Å². The summed E-state index contributed by atoms with van der Waals surface area (Å²) in [6.07, 6.45) is 5.46. The minimum Gasteiger partial charge on any atom is -0.444 e. The zero-order chi connectivity index (χ0) is 20.3. The molecule has 1 amide bonds. The number of thioether (sulfide) groups is 1.